The minimum Gasteiger partial charge on any atom is -0.324 e. The molecule has 2 aromatic carbocycles. The van der Waals surface area contributed by atoms with Gasteiger partial charge in [0.2, 0.25) is 15.9 Å². The summed E-state index contributed by atoms with van der Waals surface area (Å²) in [6, 6.07) is 11.2. The Hall–Kier alpha value is -3.24. The Balaban J connectivity index is 1.74. The number of sulfonamides is 1. The smallest absolute Gasteiger partial charge is 0.324 e. The third-order valence-corrected chi connectivity index (χ3v) is 5.42. The molecule has 0 saturated carbocycles. The Morgan fingerprint density at radius 2 is 1.79 bits per heavy atom. The van der Waals surface area contributed by atoms with Crippen LogP contribution in [0, 0.1) is 6.92 Å². The van der Waals surface area contributed by atoms with Crippen molar-refractivity contribution in [1.82, 2.24) is 4.90 Å². The highest BCUT2D eigenvalue weighted by Crippen LogP contribution is 2.26. The number of hydrogen-bond acceptors (Lipinski definition) is 5. The van der Waals surface area contributed by atoms with Crippen LogP contribution in [0.4, 0.5) is 16.2 Å². The quantitative estimate of drug-likeness (QED) is 0.713. The van der Waals surface area contributed by atoms with Crippen LogP contribution in [-0.4, -0.2) is 43.7 Å². The van der Waals surface area contributed by atoms with E-state index in [1.165, 1.54) is 29.2 Å². The molecule has 1 unspecified atom stereocenters. The van der Waals surface area contributed by atoms with Crippen molar-refractivity contribution in [3.05, 3.63) is 54.1 Å². The van der Waals surface area contributed by atoms with Gasteiger partial charge in [0.15, 0.2) is 0 Å². The highest BCUT2D eigenvalue weighted by molar-refractivity contribution is 7.89. The molecule has 2 aromatic rings. The summed E-state index contributed by atoms with van der Waals surface area (Å²) < 4.78 is 22.9. The number of nitrogens with zero attached hydrogens (tertiary/aromatic N) is 2. The maximum Gasteiger partial charge on any atom is 0.332 e. The Bertz CT molecular complexity index is 1080. The van der Waals surface area contributed by atoms with E-state index in [0.29, 0.717) is 5.69 Å². The van der Waals surface area contributed by atoms with Crippen LogP contribution in [0.5, 0.6) is 0 Å². The molecule has 0 radical (unpaired) electrons. The largest absolute Gasteiger partial charge is 0.332 e. The second kappa shape index (κ2) is 7.64. The van der Waals surface area contributed by atoms with Crippen molar-refractivity contribution in [3.63, 3.8) is 0 Å². The molecule has 3 N–H and O–H groups in total. The number of urea groups is 1. The van der Waals surface area contributed by atoms with Gasteiger partial charge in [0.05, 0.1) is 4.90 Å². The van der Waals surface area contributed by atoms with E-state index in [2.05, 4.69) is 5.32 Å². The first-order valence-corrected chi connectivity index (χ1v) is 10.3. The predicted molar refractivity (Wildman–Crippen MR) is 107 cm³/mol. The number of imide groups is 1. The monoisotopic (exact) mass is 416 g/mol. The van der Waals surface area contributed by atoms with E-state index in [1.807, 2.05) is 19.1 Å². The molecule has 9 nitrogen and oxygen atoms in total. The van der Waals surface area contributed by atoms with E-state index in [-0.39, 0.29) is 10.6 Å². The number of rotatable bonds is 5. The minimum atomic E-state index is -3.93. The average molecular weight is 416 g/mol. The molecule has 0 bridgehead atoms. The molecular weight excluding hydrogens is 396 g/mol. The zero-order chi connectivity index (χ0) is 21.3. The second-order valence-electron chi connectivity index (χ2n) is 6.71. The summed E-state index contributed by atoms with van der Waals surface area (Å²) in [6.45, 7) is 3.00. The first-order valence-electron chi connectivity index (χ1n) is 8.72. The lowest BCUT2D eigenvalue weighted by Crippen LogP contribution is -2.39. The first-order chi connectivity index (χ1) is 13.6. The second-order valence-corrected chi connectivity index (χ2v) is 8.27. The number of benzene rings is 2. The van der Waals surface area contributed by atoms with Crippen LogP contribution in [0.25, 0.3) is 0 Å². The van der Waals surface area contributed by atoms with Crippen molar-refractivity contribution < 1.29 is 22.8 Å². The van der Waals surface area contributed by atoms with Crippen LogP contribution in [0.3, 0.4) is 0 Å². The van der Waals surface area contributed by atoms with E-state index < -0.39 is 40.5 Å². The van der Waals surface area contributed by atoms with Crippen LogP contribution < -0.4 is 15.4 Å². The Kier molecular flexibility index (Phi) is 5.40. The molecule has 1 fully saturated rings. The van der Waals surface area contributed by atoms with Crippen molar-refractivity contribution in [2.75, 3.05) is 16.8 Å². The SMILES string of the molecule is Cc1ccc(N2C(=O)N(CC(=O)Nc3cccc(S(N)(=O)=O)c3)C(=O)C2C)cc1. The highest BCUT2D eigenvalue weighted by Gasteiger charge is 2.44. The van der Waals surface area contributed by atoms with Gasteiger partial charge in [0.1, 0.15) is 12.6 Å². The Morgan fingerprint density at radius 3 is 2.41 bits per heavy atom. The molecule has 4 amide bonds. The number of nitrogens with one attached hydrogen (secondary N) is 1. The van der Waals surface area contributed by atoms with Crippen LogP contribution in [0.2, 0.25) is 0 Å². The van der Waals surface area contributed by atoms with Gasteiger partial charge in [-0.3, -0.25) is 19.4 Å². The summed E-state index contributed by atoms with van der Waals surface area (Å²) >= 11 is 0. The highest BCUT2D eigenvalue weighted by atomic mass is 32.2. The summed E-state index contributed by atoms with van der Waals surface area (Å²) in [4.78, 5) is 39.7. The van der Waals surface area contributed by atoms with Crippen molar-refractivity contribution in [3.8, 4) is 0 Å². The van der Waals surface area contributed by atoms with Gasteiger partial charge in [0, 0.05) is 11.4 Å². The van der Waals surface area contributed by atoms with Crippen molar-refractivity contribution in [1.29, 1.82) is 0 Å². The van der Waals surface area contributed by atoms with Crippen molar-refractivity contribution in [2.45, 2.75) is 24.8 Å². The summed E-state index contributed by atoms with van der Waals surface area (Å²) in [7, 11) is -3.93. The molecule has 1 aliphatic heterocycles. The molecule has 1 saturated heterocycles. The molecule has 0 aliphatic carbocycles. The van der Waals surface area contributed by atoms with Gasteiger partial charge in [-0.15, -0.1) is 0 Å². The number of carbonyl (C=O) groups excluding carboxylic acids is 3. The van der Waals surface area contributed by atoms with E-state index in [0.717, 1.165) is 10.5 Å². The van der Waals surface area contributed by atoms with E-state index in [9.17, 15) is 22.8 Å². The molecule has 29 heavy (non-hydrogen) atoms. The van der Waals surface area contributed by atoms with E-state index in [4.69, 9.17) is 5.14 Å². The maximum atomic E-state index is 12.7. The predicted octanol–water partition coefficient (Wildman–Crippen LogP) is 1.44. The zero-order valence-electron chi connectivity index (χ0n) is 15.8. The fourth-order valence-corrected chi connectivity index (χ4v) is 3.57. The minimum absolute atomic E-state index is 0.164. The average Bonchev–Trinajstić information content (AvgIpc) is 2.86. The summed E-state index contributed by atoms with van der Waals surface area (Å²) in [5.74, 6) is -1.14. The van der Waals surface area contributed by atoms with Crippen molar-refractivity contribution >= 4 is 39.2 Å². The van der Waals surface area contributed by atoms with Gasteiger partial charge >= 0.3 is 6.03 Å². The normalized spacial score (nSPS) is 17.0. The number of nitrogens with two attached hydrogens (primary N) is 1. The number of aryl methyl sites for hydroxylation is 1. The molecule has 152 valence electrons. The molecule has 1 atom stereocenters. The number of primary sulfonamides is 1. The topological polar surface area (TPSA) is 130 Å². The third kappa shape index (κ3) is 4.28. The lowest BCUT2D eigenvalue weighted by atomic mass is 10.2. The Labute approximate surface area is 168 Å². The molecule has 3 rings (SSSR count). The standard InChI is InChI=1S/C19H20N4O5S/c1-12-6-8-15(9-7-12)23-13(2)18(25)22(19(23)26)11-17(24)21-14-4-3-5-16(10-14)29(20,27)28/h3-10,13H,11H2,1-2H3,(H,21,24)(H2,20,27,28). The molecule has 0 spiro atoms. The van der Waals surface area contributed by atoms with Crippen LogP contribution in [0.15, 0.2) is 53.4 Å². The molecule has 1 heterocycles. The van der Waals surface area contributed by atoms with E-state index in [1.54, 1.807) is 19.1 Å². The number of hydrogen-bond donors (Lipinski definition) is 2. The third-order valence-electron chi connectivity index (χ3n) is 4.51. The maximum absolute atomic E-state index is 12.7. The van der Waals surface area contributed by atoms with Crippen LogP contribution in [-0.2, 0) is 19.6 Å². The van der Waals surface area contributed by atoms with Gasteiger partial charge in [-0.05, 0) is 44.2 Å². The van der Waals surface area contributed by atoms with Gasteiger partial charge in [-0.1, -0.05) is 23.8 Å². The number of carbonyl (C=O) groups is 3. The number of anilines is 2. The zero-order valence-corrected chi connectivity index (χ0v) is 16.6. The van der Waals surface area contributed by atoms with Crippen LogP contribution >= 0.6 is 0 Å². The van der Waals surface area contributed by atoms with Gasteiger partial charge in [-0.2, -0.15) is 0 Å². The lowest BCUT2D eigenvalue weighted by Gasteiger charge is -2.19. The van der Waals surface area contributed by atoms with E-state index >= 15 is 0 Å². The fraction of sp³-hybridized carbons (Fsp3) is 0.211. The van der Waals surface area contributed by atoms with Crippen LogP contribution in [0.1, 0.15) is 12.5 Å². The van der Waals surface area contributed by atoms with Crippen molar-refractivity contribution in [2.24, 2.45) is 5.14 Å². The number of amides is 4. The molecular formula is C19H20N4O5S. The summed E-state index contributed by atoms with van der Waals surface area (Å²) in [5, 5.41) is 7.55. The molecule has 10 heteroatoms. The summed E-state index contributed by atoms with van der Waals surface area (Å²) in [5.41, 5.74) is 1.76. The fourth-order valence-electron chi connectivity index (χ4n) is 3.01. The first kappa shape index (κ1) is 20.5. The van der Waals surface area contributed by atoms with Gasteiger partial charge < -0.3 is 5.32 Å². The molecule has 1 aliphatic rings. The Morgan fingerprint density at radius 1 is 1.14 bits per heavy atom. The lowest BCUT2D eigenvalue weighted by molar-refractivity contribution is -0.130. The van der Waals surface area contributed by atoms with Gasteiger partial charge in [0.25, 0.3) is 5.91 Å². The summed E-state index contributed by atoms with van der Waals surface area (Å²) in [6.07, 6.45) is 0. The molecule has 0 aromatic heterocycles. The van der Waals surface area contributed by atoms with Gasteiger partial charge in [-0.25, -0.2) is 18.4 Å².